The summed E-state index contributed by atoms with van der Waals surface area (Å²) in [7, 11) is 0. The summed E-state index contributed by atoms with van der Waals surface area (Å²) in [5, 5.41) is 8.88. The van der Waals surface area contributed by atoms with E-state index in [0.29, 0.717) is 12.4 Å². The Morgan fingerprint density at radius 3 is 2.26 bits per heavy atom. The van der Waals surface area contributed by atoms with Gasteiger partial charge in [0.15, 0.2) is 5.69 Å². The van der Waals surface area contributed by atoms with E-state index in [1.807, 2.05) is 36.4 Å². The fourth-order valence-corrected chi connectivity index (χ4v) is 3.45. The van der Waals surface area contributed by atoms with Crippen molar-refractivity contribution in [2.45, 2.75) is 20.1 Å². The van der Waals surface area contributed by atoms with Crippen molar-refractivity contribution in [1.82, 2.24) is 9.72 Å². The molecule has 0 saturated heterocycles. The van der Waals surface area contributed by atoms with Crippen LogP contribution in [0.3, 0.4) is 0 Å². The van der Waals surface area contributed by atoms with E-state index in [1.54, 1.807) is 24.3 Å². The normalized spacial score (nSPS) is 10.5. The van der Waals surface area contributed by atoms with E-state index < -0.39 is 11.4 Å². The molecule has 9 heteroatoms. The Balaban J connectivity index is 0.00000324. The largest absolute Gasteiger partial charge is 1.00 e. The third-order valence-electron chi connectivity index (χ3n) is 5.20. The summed E-state index contributed by atoms with van der Waals surface area (Å²) < 4.78 is 17.0. The molecule has 0 aliphatic carbocycles. The molecule has 4 aromatic rings. The van der Waals surface area contributed by atoms with Crippen LogP contribution in [0.1, 0.15) is 16.7 Å². The number of aliphatic hydroxyl groups is 1. The van der Waals surface area contributed by atoms with Gasteiger partial charge in [-0.25, -0.2) is 4.79 Å². The summed E-state index contributed by atoms with van der Waals surface area (Å²) in [6.07, 6.45) is 0. The average Bonchev–Trinajstić information content (AvgIpc) is 3.14. The van der Waals surface area contributed by atoms with Crippen molar-refractivity contribution in [3.05, 3.63) is 104 Å². The summed E-state index contributed by atoms with van der Waals surface area (Å²) in [4.78, 5) is 25.7. The van der Waals surface area contributed by atoms with Crippen molar-refractivity contribution in [3.8, 4) is 22.6 Å². The molecule has 3 aromatic carbocycles. The molecule has 4 rings (SSSR count). The Labute approximate surface area is 218 Å². The van der Waals surface area contributed by atoms with Gasteiger partial charge >= 0.3 is 35.3 Å². The molecule has 1 heterocycles. The van der Waals surface area contributed by atoms with E-state index in [1.165, 1.54) is 0 Å². The maximum atomic E-state index is 11.5. The van der Waals surface area contributed by atoms with E-state index >= 15 is 0 Å². The molecule has 0 aliphatic heterocycles. The molecule has 0 bridgehead atoms. The fourth-order valence-electron chi connectivity index (χ4n) is 3.45. The summed E-state index contributed by atoms with van der Waals surface area (Å²) in [5.41, 5.74) is 4.44. The molecule has 1 N–H and O–H groups in total. The molecule has 0 amide bonds. The van der Waals surface area contributed by atoms with E-state index in [0.717, 1.165) is 38.3 Å². The van der Waals surface area contributed by atoms with Crippen molar-refractivity contribution >= 4 is 0 Å². The third-order valence-corrected chi connectivity index (χ3v) is 5.20. The first-order valence-electron chi connectivity index (χ1n) is 10.4. The first-order valence-corrected chi connectivity index (χ1v) is 10.4. The van der Waals surface area contributed by atoms with Crippen LogP contribution in [-0.4, -0.2) is 23.1 Å². The molecule has 0 unspecified atom stereocenters. The van der Waals surface area contributed by atoms with Gasteiger partial charge in [0, 0.05) is 6.54 Å². The summed E-state index contributed by atoms with van der Waals surface area (Å²) in [5.74, 6) is 0.502. The second-order valence-electron chi connectivity index (χ2n) is 7.41. The molecule has 0 radical (unpaired) electrons. The molecule has 0 saturated carbocycles. The Morgan fingerprint density at radius 2 is 1.62 bits per heavy atom. The average molecular weight is 470 g/mol. The second-order valence-corrected chi connectivity index (χ2v) is 7.41. The SMILES string of the molecule is Cc1c(COc2ccc(Cn3oc(=O)[n-]c3=O)cc2)cccc1-c1ccc(OCCO)cc1.[Na+]. The van der Waals surface area contributed by atoms with Crippen LogP contribution in [0.4, 0.5) is 0 Å². The Morgan fingerprint density at radius 1 is 0.941 bits per heavy atom. The summed E-state index contributed by atoms with van der Waals surface area (Å²) in [6, 6.07) is 21.1. The fraction of sp³-hybridized carbons (Fsp3) is 0.200. The van der Waals surface area contributed by atoms with Crippen molar-refractivity contribution in [3.63, 3.8) is 0 Å². The van der Waals surface area contributed by atoms with E-state index in [-0.39, 0.29) is 49.3 Å². The number of aliphatic hydroxyl groups excluding tert-OH is 1. The Kier molecular flexibility index (Phi) is 8.95. The van der Waals surface area contributed by atoms with Gasteiger partial charge in [0.2, 0.25) is 0 Å². The number of hydrogen-bond donors (Lipinski definition) is 1. The van der Waals surface area contributed by atoms with Gasteiger partial charge in [0.25, 0.3) is 0 Å². The van der Waals surface area contributed by atoms with Gasteiger partial charge in [-0.3, -0.25) is 9.53 Å². The predicted octanol–water partition coefficient (Wildman–Crippen LogP) is -0.263. The van der Waals surface area contributed by atoms with Crippen LogP contribution in [0.15, 0.2) is 80.8 Å². The number of ether oxygens (including phenoxy) is 2. The van der Waals surface area contributed by atoms with E-state index in [2.05, 4.69) is 18.0 Å². The Hall–Kier alpha value is -3.04. The standard InChI is InChI=1S/C25H24N2O6.Na/c1-17-20(3-2-4-23(17)19-7-11-21(12-8-19)31-14-13-28)16-32-22-9-5-18(6-10-22)15-27-24(29)26-25(30)33-27;/h2-12,28H,13-16H2,1H3,(H,26,29,30);/q;+1/p-1. The van der Waals surface area contributed by atoms with Gasteiger partial charge in [-0.15, -0.1) is 0 Å². The Bertz CT molecular complexity index is 1320. The van der Waals surface area contributed by atoms with Crippen molar-refractivity contribution < 1.29 is 48.7 Å². The minimum Gasteiger partial charge on any atom is -0.491 e. The molecule has 0 aliphatic rings. The molecule has 1 aromatic heterocycles. The zero-order valence-corrected chi connectivity index (χ0v) is 21.1. The quantitative estimate of drug-likeness (QED) is 0.336. The minimum absolute atomic E-state index is 0. The van der Waals surface area contributed by atoms with Crippen LogP contribution < -0.4 is 55.5 Å². The topological polar surface area (TPSA) is 105 Å². The van der Waals surface area contributed by atoms with Gasteiger partial charge in [0.05, 0.1) is 6.61 Å². The molecule has 0 fully saturated rings. The van der Waals surface area contributed by atoms with Crippen LogP contribution in [0.25, 0.3) is 11.1 Å². The molecular weight excluding hydrogens is 447 g/mol. The van der Waals surface area contributed by atoms with Gasteiger partial charge in [-0.2, -0.15) is 0 Å². The molecule has 8 nitrogen and oxygen atoms in total. The summed E-state index contributed by atoms with van der Waals surface area (Å²) >= 11 is 0. The van der Waals surface area contributed by atoms with Crippen LogP contribution >= 0.6 is 0 Å². The van der Waals surface area contributed by atoms with Gasteiger partial charge < -0.3 is 24.1 Å². The number of nitrogens with zero attached hydrogens (tertiary/aromatic N) is 2. The summed E-state index contributed by atoms with van der Waals surface area (Å²) in [6.45, 7) is 2.84. The smallest absolute Gasteiger partial charge is 0.491 e. The molecule has 170 valence electrons. The van der Waals surface area contributed by atoms with Crippen molar-refractivity contribution in [2.75, 3.05) is 13.2 Å². The van der Waals surface area contributed by atoms with Gasteiger partial charge in [0.1, 0.15) is 24.7 Å². The number of benzene rings is 3. The first-order chi connectivity index (χ1) is 16.0. The zero-order valence-electron chi connectivity index (χ0n) is 19.1. The molecule has 34 heavy (non-hydrogen) atoms. The monoisotopic (exact) mass is 470 g/mol. The van der Waals surface area contributed by atoms with Crippen LogP contribution in [0, 0.1) is 6.92 Å². The van der Waals surface area contributed by atoms with Crippen molar-refractivity contribution in [2.24, 2.45) is 0 Å². The molecule has 0 atom stereocenters. The van der Waals surface area contributed by atoms with E-state index in [9.17, 15) is 9.59 Å². The number of aromatic nitrogens is 2. The van der Waals surface area contributed by atoms with Crippen LogP contribution in [0.2, 0.25) is 0 Å². The van der Waals surface area contributed by atoms with Crippen LogP contribution in [-0.2, 0) is 13.2 Å². The second kappa shape index (κ2) is 11.9. The molecule has 0 spiro atoms. The maximum absolute atomic E-state index is 11.5. The van der Waals surface area contributed by atoms with Crippen molar-refractivity contribution in [1.29, 1.82) is 0 Å². The molecular formula is C25H23N2NaO6. The zero-order chi connectivity index (χ0) is 23.2. The van der Waals surface area contributed by atoms with E-state index in [4.69, 9.17) is 19.1 Å². The minimum atomic E-state index is -0.900. The first kappa shape index (κ1) is 25.6. The van der Waals surface area contributed by atoms with Gasteiger partial charge in [-0.05, 0) is 59.0 Å². The number of hydrogen-bond acceptors (Lipinski definition) is 6. The van der Waals surface area contributed by atoms with Crippen LogP contribution in [0.5, 0.6) is 11.5 Å². The van der Waals surface area contributed by atoms with Gasteiger partial charge in [-0.1, -0.05) is 42.5 Å². The number of rotatable bonds is 9. The predicted molar refractivity (Wildman–Crippen MR) is 122 cm³/mol. The third kappa shape index (κ3) is 6.30. The maximum Gasteiger partial charge on any atom is 1.00 e.